The third-order valence-corrected chi connectivity index (χ3v) is 3.96. The van der Waals surface area contributed by atoms with Crippen molar-refractivity contribution in [3.8, 4) is 0 Å². The summed E-state index contributed by atoms with van der Waals surface area (Å²) in [4.78, 5) is 12.7. The van der Waals surface area contributed by atoms with Crippen molar-refractivity contribution < 1.29 is 13.2 Å². The van der Waals surface area contributed by atoms with Crippen LogP contribution in [-0.4, -0.2) is 56.0 Å². The van der Waals surface area contributed by atoms with E-state index in [2.05, 4.69) is 0 Å². The first kappa shape index (κ1) is 11.3. The van der Waals surface area contributed by atoms with Gasteiger partial charge >= 0.3 is 6.03 Å². The van der Waals surface area contributed by atoms with Gasteiger partial charge in [0.05, 0.1) is 17.5 Å². The van der Waals surface area contributed by atoms with Gasteiger partial charge in [-0.15, -0.1) is 0 Å². The van der Waals surface area contributed by atoms with E-state index in [0.29, 0.717) is 6.42 Å². The number of hydrazine groups is 1. The fourth-order valence-corrected chi connectivity index (χ4v) is 3.09. The fourth-order valence-electron chi connectivity index (χ4n) is 1.38. The third kappa shape index (κ3) is 2.36. The van der Waals surface area contributed by atoms with Crippen LogP contribution in [0, 0.1) is 0 Å². The lowest BCUT2D eigenvalue weighted by Gasteiger charge is -2.25. The quantitative estimate of drug-likeness (QED) is 0.351. The molecule has 1 heterocycles. The van der Waals surface area contributed by atoms with E-state index in [1.807, 2.05) is 0 Å². The molecule has 1 rings (SSSR count). The molecule has 2 N–H and O–H groups in total. The summed E-state index contributed by atoms with van der Waals surface area (Å²) in [6, 6.07) is -0.748. The molecule has 0 spiro atoms. The van der Waals surface area contributed by atoms with E-state index in [1.54, 1.807) is 14.1 Å². The Balaban J connectivity index is 2.64. The molecule has 0 aromatic carbocycles. The number of nitrogens with two attached hydrogens (primary N) is 1. The molecule has 1 saturated heterocycles. The van der Waals surface area contributed by atoms with Gasteiger partial charge in [-0.3, -0.25) is 5.01 Å². The zero-order valence-electron chi connectivity index (χ0n) is 8.30. The van der Waals surface area contributed by atoms with E-state index in [-0.39, 0.29) is 23.6 Å². The van der Waals surface area contributed by atoms with Gasteiger partial charge in [0.15, 0.2) is 9.84 Å². The van der Waals surface area contributed by atoms with Crippen LogP contribution in [0.1, 0.15) is 6.42 Å². The molecule has 0 aromatic heterocycles. The second-order valence-electron chi connectivity index (χ2n) is 3.64. The molecule has 1 fully saturated rings. The Hall–Kier alpha value is -0.820. The molecule has 0 bridgehead atoms. The zero-order valence-corrected chi connectivity index (χ0v) is 9.12. The number of sulfone groups is 1. The Morgan fingerprint density at radius 2 is 2.00 bits per heavy atom. The Morgan fingerprint density at radius 3 is 2.36 bits per heavy atom. The first-order chi connectivity index (χ1) is 6.33. The van der Waals surface area contributed by atoms with Crippen molar-refractivity contribution >= 4 is 15.9 Å². The molecule has 14 heavy (non-hydrogen) atoms. The molecule has 82 valence electrons. The Kier molecular flexibility index (Phi) is 3.01. The van der Waals surface area contributed by atoms with Gasteiger partial charge in [-0.2, -0.15) is 0 Å². The topological polar surface area (TPSA) is 83.7 Å². The van der Waals surface area contributed by atoms with Gasteiger partial charge in [-0.05, 0) is 6.42 Å². The predicted molar refractivity (Wildman–Crippen MR) is 52.2 cm³/mol. The number of hydrogen-bond donors (Lipinski definition) is 1. The first-order valence-corrected chi connectivity index (χ1v) is 6.11. The van der Waals surface area contributed by atoms with Crippen molar-refractivity contribution in [2.75, 3.05) is 25.6 Å². The van der Waals surface area contributed by atoms with Crippen LogP contribution >= 0.6 is 0 Å². The highest BCUT2D eigenvalue weighted by Gasteiger charge is 2.33. The predicted octanol–water partition coefficient (Wildman–Crippen LogP) is -0.969. The molecule has 1 aliphatic rings. The minimum Gasteiger partial charge on any atom is -0.330 e. The summed E-state index contributed by atoms with van der Waals surface area (Å²) in [6.07, 6.45) is 0.429. The van der Waals surface area contributed by atoms with Gasteiger partial charge < -0.3 is 4.90 Å². The number of carbonyl (C=O) groups is 1. The molecular weight excluding hydrogens is 206 g/mol. The van der Waals surface area contributed by atoms with Crippen molar-refractivity contribution in [3.05, 3.63) is 0 Å². The molecule has 1 unspecified atom stereocenters. The van der Waals surface area contributed by atoms with Crippen molar-refractivity contribution in [1.82, 2.24) is 9.91 Å². The molecule has 0 aromatic rings. The van der Waals surface area contributed by atoms with E-state index in [1.165, 1.54) is 4.90 Å². The second kappa shape index (κ2) is 3.74. The Bertz CT molecular complexity index is 325. The fraction of sp³-hybridized carbons (Fsp3) is 0.857. The molecule has 6 nitrogen and oxygen atoms in total. The zero-order chi connectivity index (χ0) is 10.9. The lowest BCUT2D eigenvalue weighted by Crippen LogP contribution is -2.50. The maximum Gasteiger partial charge on any atom is 0.333 e. The second-order valence-corrected chi connectivity index (χ2v) is 5.87. The van der Waals surface area contributed by atoms with Crippen molar-refractivity contribution in [3.63, 3.8) is 0 Å². The van der Waals surface area contributed by atoms with Crippen molar-refractivity contribution in [2.45, 2.75) is 12.5 Å². The summed E-state index contributed by atoms with van der Waals surface area (Å²) in [5.74, 6) is 5.61. The van der Waals surface area contributed by atoms with E-state index in [4.69, 9.17) is 5.84 Å². The van der Waals surface area contributed by atoms with Crippen molar-refractivity contribution in [1.29, 1.82) is 0 Å². The van der Waals surface area contributed by atoms with Gasteiger partial charge in [0.25, 0.3) is 0 Å². The molecular formula is C7H15N3O3S. The molecule has 0 radical (unpaired) electrons. The summed E-state index contributed by atoms with van der Waals surface area (Å²) >= 11 is 0. The van der Waals surface area contributed by atoms with E-state index in [9.17, 15) is 13.2 Å². The van der Waals surface area contributed by atoms with Gasteiger partial charge in [-0.1, -0.05) is 0 Å². The third-order valence-electron chi connectivity index (χ3n) is 2.21. The van der Waals surface area contributed by atoms with Crippen LogP contribution in [0.5, 0.6) is 0 Å². The Labute approximate surface area is 83.5 Å². The van der Waals surface area contributed by atoms with Crippen LogP contribution < -0.4 is 5.84 Å². The van der Waals surface area contributed by atoms with Crippen LogP contribution in [0.15, 0.2) is 0 Å². The highest BCUT2D eigenvalue weighted by Crippen LogP contribution is 2.15. The Morgan fingerprint density at radius 1 is 1.43 bits per heavy atom. The van der Waals surface area contributed by atoms with Crippen LogP contribution in [-0.2, 0) is 9.84 Å². The van der Waals surface area contributed by atoms with Crippen LogP contribution in [0.4, 0.5) is 4.79 Å². The average Bonchev–Trinajstić information content (AvgIpc) is 2.43. The molecule has 0 saturated carbocycles. The molecule has 0 aliphatic carbocycles. The maximum atomic E-state index is 11.4. The van der Waals surface area contributed by atoms with E-state index < -0.39 is 9.84 Å². The highest BCUT2D eigenvalue weighted by atomic mass is 32.2. The monoisotopic (exact) mass is 221 g/mol. The lowest BCUT2D eigenvalue weighted by molar-refractivity contribution is 0.155. The van der Waals surface area contributed by atoms with Gasteiger partial charge in [0, 0.05) is 14.1 Å². The first-order valence-electron chi connectivity index (χ1n) is 4.29. The van der Waals surface area contributed by atoms with E-state index in [0.717, 1.165) is 5.01 Å². The maximum absolute atomic E-state index is 11.4. The standard InChI is InChI=1S/C7H15N3O3S/c1-9(2)7(11)10(8)6-3-4-14(12,13)5-6/h6H,3-5,8H2,1-2H3. The number of urea groups is 1. The van der Waals surface area contributed by atoms with Gasteiger partial charge in [0.1, 0.15) is 0 Å². The summed E-state index contributed by atoms with van der Waals surface area (Å²) < 4.78 is 22.3. The summed E-state index contributed by atoms with van der Waals surface area (Å²) in [7, 11) is 0.158. The van der Waals surface area contributed by atoms with Crippen molar-refractivity contribution in [2.24, 2.45) is 5.84 Å². The minimum atomic E-state index is -2.99. The number of carbonyl (C=O) groups excluding carboxylic acids is 1. The normalized spacial score (nSPS) is 24.6. The van der Waals surface area contributed by atoms with Gasteiger partial charge in [0.2, 0.25) is 0 Å². The number of hydrogen-bond acceptors (Lipinski definition) is 4. The summed E-state index contributed by atoms with van der Waals surface area (Å²) in [5, 5.41) is 1.00. The largest absolute Gasteiger partial charge is 0.333 e. The van der Waals surface area contributed by atoms with Crippen LogP contribution in [0.25, 0.3) is 0 Å². The lowest BCUT2D eigenvalue weighted by atomic mass is 10.2. The number of nitrogens with zero attached hydrogens (tertiary/aromatic N) is 2. The summed E-state index contributed by atoms with van der Waals surface area (Å²) in [5.41, 5.74) is 0. The number of rotatable bonds is 1. The molecule has 2 amide bonds. The molecule has 1 atom stereocenters. The smallest absolute Gasteiger partial charge is 0.330 e. The molecule has 1 aliphatic heterocycles. The van der Waals surface area contributed by atoms with E-state index >= 15 is 0 Å². The van der Waals surface area contributed by atoms with Crippen LogP contribution in [0.3, 0.4) is 0 Å². The van der Waals surface area contributed by atoms with Gasteiger partial charge in [-0.25, -0.2) is 19.1 Å². The van der Waals surface area contributed by atoms with Crippen LogP contribution in [0.2, 0.25) is 0 Å². The number of amides is 2. The average molecular weight is 221 g/mol. The highest BCUT2D eigenvalue weighted by molar-refractivity contribution is 7.91. The minimum absolute atomic E-state index is 0.0247. The SMILES string of the molecule is CN(C)C(=O)N(N)C1CCS(=O)(=O)C1. The summed E-state index contributed by atoms with van der Waals surface area (Å²) in [6.45, 7) is 0. The molecule has 7 heteroatoms.